The molecule has 0 amide bonds. The van der Waals surface area contributed by atoms with Crippen molar-refractivity contribution in [2.45, 2.75) is 26.8 Å². The first-order chi connectivity index (χ1) is 20.3. The van der Waals surface area contributed by atoms with Gasteiger partial charge in [0, 0.05) is 11.6 Å². The number of allylic oxidation sites excluding steroid dienone is 1. The Hall–Kier alpha value is -4.58. The topological polar surface area (TPSA) is 124 Å². The molecule has 11 nitrogen and oxygen atoms in total. The predicted molar refractivity (Wildman–Crippen MR) is 155 cm³/mol. The van der Waals surface area contributed by atoms with E-state index in [-0.39, 0.29) is 24.3 Å². The lowest BCUT2D eigenvalue weighted by Gasteiger charge is -2.25. The highest BCUT2D eigenvalue weighted by Crippen LogP contribution is 2.36. The standard InChI is InChI=1S/C30H32N2O9S/c1-7-39-23-13-19(10-12-21(23)41-16-25(33)38-6)27-26(29(35)40-8-2)17(3)31-30-32(27)28(34)24(42-30)14-18-9-11-20(36-4)15-22(18)37-5/h9-15,27H,7-8,16H2,1-6H3/b24-14-/t27-/m0/s1. The Morgan fingerprint density at radius 3 is 2.43 bits per heavy atom. The van der Waals surface area contributed by atoms with Crippen LogP contribution in [0.25, 0.3) is 6.08 Å². The average molecular weight is 597 g/mol. The number of methoxy groups -OCH3 is 3. The number of fused-ring (bicyclic) bond motifs is 1. The molecule has 0 aliphatic carbocycles. The first-order valence-electron chi connectivity index (χ1n) is 13.1. The van der Waals surface area contributed by atoms with Crippen molar-refractivity contribution < 1.29 is 38.0 Å². The van der Waals surface area contributed by atoms with Crippen molar-refractivity contribution in [1.29, 1.82) is 0 Å². The summed E-state index contributed by atoms with van der Waals surface area (Å²) in [5.41, 5.74) is 1.55. The van der Waals surface area contributed by atoms with Gasteiger partial charge in [0.25, 0.3) is 5.56 Å². The van der Waals surface area contributed by atoms with Gasteiger partial charge in [0.2, 0.25) is 0 Å². The molecule has 4 rings (SSSR count). The predicted octanol–water partition coefficient (Wildman–Crippen LogP) is 2.77. The molecule has 0 saturated heterocycles. The maximum absolute atomic E-state index is 14.0. The van der Waals surface area contributed by atoms with Gasteiger partial charge < -0.3 is 28.4 Å². The van der Waals surface area contributed by atoms with Gasteiger partial charge in [-0.25, -0.2) is 14.6 Å². The molecule has 2 aromatic carbocycles. The van der Waals surface area contributed by atoms with Gasteiger partial charge in [-0.3, -0.25) is 9.36 Å². The molecule has 12 heteroatoms. The molecule has 0 N–H and O–H groups in total. The maximum Gasteiger partial charge on any atom is 0.343 e. The number of ether oxygens (including phenoxy) is 6. The third-order valence-corrected chi connectivity index (χ3v) is 7.38. The number of hydrogen-bond donors (Lipinski definition) is 0. The van der Waals surface area contributed by atoms with Crippen molar-refractivity contribution in [2.75, 3.05) is 41.2 Å². The average Bonchev–Trinajstić information content (AvgIpc) is 3.29. The molecule has 42 heavy (non-hydrogen) atoms. The van der Waals surface area contributed by atoms with Crippen LogP contribution in [0.15, 0.2) is 57.5 Å². The zero-order valence-corrected chi connectivity index (χ0v) is 25.0. The molecule has 0 fully saturated rings. The van der Waals surface area contributed by atoms with Crippen LogP contribution in [0.2, 0.25) is 0 Å². The number of aromatic nitrogens is 1. The molecule has 0 spiro atoms. The van der Waals surface area contributed by atoms with Gasteiger partial charge in [-0.2, -0.15) is 0 Å². The minimum atomic E-state index is -0.867. The number of nitrogens with zero attached hydrogens (tertiary/aromatic N) is 2. The van der Waals surface area contributed by atoms with Gasteiger partial charge in [0.1, 0.15) is 11.5 Å². The summed E-state index contributed by atoms with van der Waals surface area (Å²) in [5.74, 6) is 0.655. The zero-order valence-electron chi connectivity index (χ0n) is 24.2. The van der Waals surface area contributed by atoms with E-state index in [2.05, 4.69) is 9.73 Å². The fourth-order valence-electron chi connectivity index (χ4n) is 4.46. The van der Waals surface area contributed by atoms with E-state index in [1.54, 1.807) is 70.4 Å². The van der Waals surface area contributed by atoms with Crippen LogP contribution in [0.5, 0.6) is 23.0 Å². The molecule has 2 heterocycles. The number of hydrogen-bond acceptors (Lipinski definition) is 11. The summed E-state index contributed by atoms with van der Waals surface area (Å²) in [6, 6.07) is 9.45. The number of carbonyl (C=O) groups is 2. The zero-order chi connectivity index (χ0) is 30.4. The van der Waals surface area contributed by atoms with Crippen molar-refractivity contribution in [3.05, 3.63) is 78.5 Å². The molecule has 0 bridgehead atoms. The lowest BCUT2D eigenvalue weighted by atomic mass is 9.95. The van der Waals surface area contributed by atoms with E-state index >= 15 is 0 Å². The number of carbonyl (C=O) groups excluding carboxylic acids is 2. The molecule has 1 aromatic heterocycles. The van der Waals surface area contributed by atoms with Crippen molar-refractivity contribution in [1.82, 2.24) is 4.57 Å². The van der Waals surface area contributed by atoms with E-state index in [4.69, 9.17) is 23.7 Å². The molecule has 1 atom stereocenters. The second kappa shape index (κ2) is 13.4. The largest absolute Gasteiger partial charge is 0.497 e. The van der Waals surface area contributed by atoms with Gasteiger partial charge >= 0.3 is 11.9 Å². The summed E-state index contributed by atoms with van der Waals surface area (Å²) in [7, 11) is 4.37. The van der Waals surface area contributed by atoms with Gasteiger partial charge in [-0.15, -0.1) is 0 Å². The third kappa shape index (κ3) is 6.18. The van der Waals surface area contributed by atoms with Crippen LogP contribution in [-0.4, -0.2) is 57.7 Å². The number of benzene rings is 2. The fraction of sp³-hybridized carbons (Fsp3) is 0.333. The Bertz CT molecular complexity index is 1700. The molecule has 0 unspecified atom stereocenters. The second-order valence-corrected chi connectivity index (χ2v) is 9.92. The van der Waals surface area contributed by atoms with E-state index in [9.17, 15) is 14.4 Å². The number of rotatable bonds is 11. The summed E-state index contributed by atoms with van der Waals surface area (Å²) >= 11 is 1.19. The van der Waals surface area contributed by atoms with Crippen molar-refractivity contribution in [3.8, 4) is 23.0 Å². The third-order valence-electron chi connectivity index (χ3n) is 6.40. The molecule has 0 saturated carbocycles. The number of thiazole rings is 1. The van der Waals surface area contributed by atoms with E-state index in [1.807, 2.05) is 0 Å². The minimum absolute atomic E-state index is 0.147. The fourth-order valence-corrected chi connectivity index (χ4v) is 5.50. The molecule has 0 radical (unpaired) electrons. The van der Waals surface area contributed by atoms with Crippen LogP contribution in [0.3, 0.4) is 0 Å². The summed E-state index contributed by atoms with van der Waals surface area (Å²) < 4.78 is 34.1. The SMILES string of the molecule is CCOC(=O)C1=C(C)N=c2s/c(=C\c3ccc(OC)cc3OC)c(=O)n2[C@H]1c1ccc(OCC(=O)OC)c(OCC)c1. The highest BCUT2D eigenvalue weighted by atomic mass is 32.1. The van der Waals surface area contributed by atoms with E-state index in [1.165, 1.54) is 30.1 Å². The summed E-state index contributed by atoms with van der Waals surface area (Å²) in [5, 5.41) is 0. The monoisotopic (exact) mass is 596 g/mol. The Morgan fingerprint density at radius 2 is 1.76 bits per heavy atom. The molecular formula is C30H32N2O9S. The first-order valence-corrected chi connectivity index (χ1v) is 14.0. The Balaban J connectivity index is 1.91. The summed E-state index contributed by atoms with van der Waals surface area (Å²) in [6.07, 6.45) is 1.72. The minimum Gasteiger partial charge on any atom is -0.497 e. The van der Waals surface area contributed by atoms with Gasteiger partial charge in [0.15, 0.2) is 22.9 Å². The molecular weight excluding hydrogens is 564 g/mol. The van der Waals surface area contributed by atoms with Crippen molar-refractivity contribution >= 4 is 29.4 Å². The van der Waals surface area contributed by atoms with Crippen LogP contribution in [0.1, 0.15) is 37.9 Å². The van der Waals surface area contributed by atoms with Crippen molar-refractivity contribution in [2.24, 2.45) is 4.99 Å². The summed E-state index contributed by atoms with van der Waals surface area (Å²) in [6.45, 7) is 5.37. The Kier molecular flexibility index (Phi) is 9.68. The Labute approximate surface area is 246 Å². The van der Waals surface area contributed by atoms with Crippen LogP contribution < -0.4 is 33.8 Å². The van der Waals surface area contributed by atoms with Crippen molar-refractivity contribution in [3.63, 3.8) is 0 Å². The first kappa shape index (κ1) is 30.4. The lowest BCUT2D eigenvalue weighted by Crippen LogP contribution is -2.40. The van der Waals surface area contributed by atoms with E-state index in [0.29, 0.717) is 55.8 Å². The quantitative estimate of drug-likeness (QED) is 0.308. The molecule has 1 aliphatic rings. The highest BCUT2D eigenvalue weighted by Gasteiger charge is 2.34. The van der Waals surface area contributed by atoms with E-state index in [0.717, 1.165) is 0 Å². The van der Waals surface area contributed by atoms with Crippen LogP contribution in [0.4, 0.5) is 0 Å². The molecule has 222 valence electrons. The van der Waals surface area contributed by atoms with Gasteiger partial charge in [0.05, 0.1) is 56.4 Å². The van der Waals surface area contributed by atoms with Crippen LogP contribution in [0, 0.1) is 0 Å². The summed E-state index contributed by atoms with van der Waals surface area (Å²) in [4.78, 5) is 43.9. The van der Waals surface area contributed by atoms with Gasteiger partial charge in [-0.1, -0.05) is 17.4 Å². The smallest absolute Gasteiger partial charge is 0.343 e. The maximum atomic E-state index is 14.0. The van der Waals surface area contributed by atoms with Crippen LogP contribution in [-0.2, 0) is 19.1 Å². The van der Waals surface area contributed by atoms with E-state index < -0.39 is 18.0 Å². The van der Waals surface area contributed by atoms with Crippen LogP contribution >= 0.6 is 11.3 Å². The van der Waals surface area contributed by atoms with Gasteiger partial charge in [-0.05, 0) is 56.7 Å². The highest BCUT2D eigenvalue weighted by molar-refractivity contribution is 7.07. The number of esters is 2. The Morgan fingerprint density at radius 1 is 0.976 bits per heavy atom. The molecule has 3 aromatic rings. The normalized spacial score (nSPS) is 14.5. The lowest BCUT2D eigenvalue weighted by molar-refractivity contribution is -0.143. The molecule has 1 aliphatic heterocycles. The second-order valence-electron chi connectivity index (χ2n) is 8.91.